The van der Waals surface area contributed by atoms with Gasteiger partial charge in [0.05, 0.1) is 36.6 Å². The van der Waals surface area contributed by atoms with Crippen molar-refractivity contribution in [2.45, 2.75) is 24.4 Å². The lowest BCUT2D eigenvalue weighted by Crippen LogP contribution is -2.02. The number of benzene rings is 4. The van der Waals surface area contributed by atoms with E-state index in [1.807, 2.05) is 42.5 Å². The molecule has 0 saturated carbocycles. The smallest absolute Gasteiger partial charge is 0.166 e. The molecular formula is C33H30N4O2S. The lowest BCUT2D eigenvalue weighted by atomic mass is 10.0. The third-order valence-corrected chi connectivity index (χ3v) is 7.95. The van der Waals surface area contributed by atoms with Crippen molar-refractivity contribution < 1.29 is 9.47 Å². The van der Waals surface area contributed by atoms with Crippen LogP contribution < -0.4 is 9.47 Å². The van der Waals surface area contributed by atoms with Crippen LogP contribution in [0.15, 0.2) is 102 Å². The van der Waals surface area contributed by atoms with Gasteiger partial charge in [0, 0.05) is 23.4 Å². The van der Waals surface area contributed by atoms with Gasteiger partial charge in [-0.1, -0.05) is 48.2 Å². The van der Waals surface area contributed by atoms with Crippen LogP contribution in [0.2, 0.25) is 0 Å². The number of nitrogens with one attached hydrogen (secondary N) is 1. The molecule has 4 aromatic carbocycles. The van der Waals surface area contributed by atoms with Crippen molar-refractivity contribution in [1.29, 1.82) is 0 Å². The van der Waals surface area contributed by atoms with E-state index in [-0.39, 0.29) is 0 Å². The summed E-state index contributed by atoms with van der Waals surface area (Å²) in [6.45, 7) is 2.86. The number of methoxy groups -OCH3 is 2. The molecule has 0 aliphatic rings. The second kappa shape index (κ2) is 11.3. The maximum atomic E-state index is 5.35. The largest absolute Gasteiger partial charge is 0.497 e. The normalized spacial score (nSPS) is 11.2. The van der Waals surface area contributed by atoms with Gasteiger partial charge in [-0.15, -0.1) is 0 Å². The number of ether oxygens (including phenoxy) is 2. The Labute approximate surface area is 238 Å². The topological polar surface area (TPSA) is 65.0 Å². The zero-order chi connectivity index (χ0) is 27.5. The summed E-state index contributed by atoms with van der Waals surface area (Å²) in [5.74, 6) is 3.48. The summed E-state index contributed by atoms with van der Waals surface area (Å²) >= 11 is 1.70. The zero-order valence-corrected chi connectivity index (χ0v) is 23.5. The molecule has 0 amide bonds. The monoisotopic (exact) mass is 546 g/mol. The van der Waals surface area contributed by atoms with Crippen LogP contribution in [0, 0.1) is 6.92 Å². The molecule has 6 aromatic rings. The quantitative estimate of drug-likeness (QED) is 0.188. The van der Waals surface area contributed by atoms with Gasteiger partial charge >= 0.3 is 0 Å². The van der Waals surface area contributed by atoms with Crippen LogP contribution in [0.1, 0.15) is 17.0 Å². The van der Waals surface area contributed by atoms with Gasteiger partial charge in [-0.3, -0.25) is 0 Å². The molecule has 6 nitrogen and oxygen atoms in total. The SMILES string of the molecule is COc1ccc(-c2nc(SCc3ccc(Cn4c(C)nc5ccccc54)cc3)[nH]c2-c2ccc(OC)cc2)cc1. The molecule has 0 aliphatic carbocycles. The minimum atomic E-state index is 0.800. The van der Waals surface area contributed by atoms with Gasteiger partial charge in [-0.05, 0) is 78.7 Å². The lowest BCUT2D eigenvalue weighted by molar-refractivity contribution is 0.414. The number of aryl methyl sites for hydroxylation is 1. The molecule has 0 aliphatic heterocycles. The Hall–Kier alpha value is -4.49. The summed E-state index contributed by atoms with van der Waals surface area (Å²) in [7, 11) is 3.35. The molecule has 0 unspecified atom stereocenters. The highest BCUT2D eigenvalue weighted by Crippen LogP contribution is 2.35. The summed E-state index contributed by atoms with van der Waals surface area (Å²) in [4.78, 5) is 13.3. The Morgan fingerprint density at radius 3 is 2.02 bits per heavy atom. The Morgan fingerprint density at radius 2 is 1.35 bits per heavy atom. The summed E-state index contributed by atoms with van der Waals surface area (Å²) < 4.78 is 13.0. The van der Waals surface area contributed by atoms with E-state index < -0.39 is 0 Å². The van der Waals surface area contributed by atoms with Crippen molar-refractivity contribution in [1.82, 2.24) is 19.5 Å². The lowest BCUT2D eigenvalue weighted by Gasteiger charge is -2.08. The number of imidazole rings is 2. The fourth-order valence-electron chi connectivity index (χ4n) is 4.81. The number of hydrogen-bond donors (Lipinski definition) is 1. The highest BCUT2D eigenvalue weighted by Gasteiger charge is 2.15. The van der Waals surface area contributed by atoms with E-state index in [2.05, 4.69) is 71.1 Å². The predicted molar refractivity (Wildman–Crippen MR) is 162 cm³/mol. The summed E-state index contributed by atoms with van der Waals surface area (Å²) in [6.07, 6.45) is 0. The second-order valence-corrected chi connectivity index (χ2v) is 10.5. The number of aromatic nitrogens is 4. The number of para-hydroxylation sites is 2. The molecule has 0 fully saturated rings. The first-order valence-corrected chi connectivity index (χ1v) is 14.1. The minimum Gasteiger partial charge on any atom is -0.497 e. The summed E-state index contributed by atoms with van der Waals surface area (Å²) in [6, 6.07) is 33.2. The van der Waals surface area contributed by atoms with Gasteiger partial charge in [0.2, 0.25) is 0 Å². The standard InChI is InChI=1S/C33H30N4O2S/c1-22-34-29-6-4-5-7-30(29)37(22)20-23-8-10-24(11-9-23)21-40-33-35-31(25-12-16-27(38-2)17-13-25)32(36-33)26-14-18-28(39-3)19-15-26/h4-19H,20-21H2,1-3H3,(H,35,36). The fraction of sp³-hybridized carbons (Fsp3) is 0.152. The van der Waals surface area contributed by atoms with Crippen LogP contribution in [0.5, 0.6) is 11.5 Å². The van der Waals surface area contributed by atoms with Crippen molar-refractivity contribution in [2.75, 3.05) is 14.2 Å². The molecule has 0 bridgehead atoms. The van der Waals surface area contributed by atoms with Crippen LogP contribution in [-0.2, 0) is 12.3 Å². The van der Waals surface area contributed by atoms with Gasteiger partial charge in [-0.25, -0.2) is 9.97 Å². The Kier molecular flexibility index (Phi) is 7.29. The van der Waals surface area contributed by atoms with Crippen LogP contribution in [-0.4, -0.2) is 33.7 Å². The van der Waals surface area contributed by atoms with Gasteiger partial charge in [-0.2, -0.15) is 0 Å². The van der Waals surface area contributed by atoms with Gasteiger partial charge in [0.15, 0.2) is 5.16 Å². The molecule has 1 N–H and O–H groups in total. The maximum Gasteiger partial charge on any atom is 0.166 e. The molecule has 0 atom stereocenters. The van der Waals surface area contributed by atoms with Crippen molar-refractivity contribution in [2.24, 2.45) is 0 Å². The first-order chi connectivity index (χ1) is 19.6. The van der Waals surface area contributed by atoms with Gasteiger partial charge in [0.1, 0.15) is 17.3 Å². The second-order valence-electron chi connectivity index (χ2n) is 9.56. The van der Waals surface area contributed by atoms with E-state index in [0.717, 1.165) is 68.3 Å². The number of hydrogen-bond acceptors (Lipinski definition) is 5. The van der Waals surface area contributed by atoms with Crippen molar-refractivity contribution in [3.05, 3.63) is 114 Å². The first-order valence-electron chi connectivity index (χ1n) is 13.1. The fourth-order valence-corrected chi connectivity index (χ4v) is 5.64. The van der Waals surface area contributed by atoms with E-state index >= 15 is 0 Å². The van der Waals surface area contributed by atoms with Crippen LogP contribution >= 0.6 is 11.8 Å². The number of H-pyrrole nitrogens is 1. The van der Waals surface area contributed by atoms with Crippen LogP contribution in [0.3, 0.4) is 0 Å². The minimum absolute atomic E-state index is 0.800. The van der Waals surface area contributed by atoms with Gasteiger partial charge in [0.25, 0.3) is 0 Å². The Morgan fingerprint density at radius 1 is 0.725 bits per heavy atom. The van der Waals surface area contributed by atoms with E-state index in [1.54, 1.807) is 26.0 Å². The van der Waals surface area contributed by atoms with Crippen molar-refractivity contribution in [3.63, 3.8) is 0 Å². The molecule has 2 aromatic heterocycles. The number of thioether (sulfide) groups is 1. The number of aromatic amines is 1. The number of fused-ring (bicyclic) bond motifs is 1. The first kappa shape index (κ1) is 25.8. The highest BCUT2D eigenvalue weighted by atomic mass is 32.2. The van der Waals surface area contributed by atoms with E-state index in [1.165, 1.54) is 11.1 Å². The third-order valence-electron chi connectivity index (χ3n) is 7.01. The molecular weight excluding hydrogens is 516 g/mol. The Bertz CT molecular complexity index is 1670. The van der Waals surface area contributed by atoms with Gasteiger partial charge < -0.3 is 19.0 Å². The number of rotatable bonds is 9. The van der Waals surface area contributed by atoms with E-state index in [9.17, 15) is 0 Å². The van der Waals surface area contributed by atoms with Crippen LogP contribution in [0.25, 0.3) is 33.5 Å². The van der Waals surface area contributed by atoms with E-state index in [4.69, 9.17) is 19.4 Å². The molecule has 0 radical (unpaired) electrons. The molecule has 40 heavy (non-hydrogen) atoms. The molecule has 200 valence electrons. The van der Waals surface area contributed by atoms with Crippen molar-refractivity contribution >= 4 is 22.8 Å². The Balaban J connectivity index is 1.21. The third kappa shape index (κ3) is 5.33. The van der Waals surface area contributed by atoms with Crippen LogP contribution in [0.4, 0.5) is 0 Å². The summed E-state index contributed by atoms with van der Waals surface area (Å²) in [5, 5.41) is 0.876. The highest BCUT2D eigenvalue weighted by molar-refractivity contribution is 7.98. The maximum absolute atomic E-state index is 5.35. The zero-order valence-electron chi connectivity index (χ0n) is 22.7. The molecule has 7 heteroatoms. The van der Waals surface area contributed by atoms with Crippen molar-refractivity contribution in [3.8, 4) is 34.0 Å². The molecule has 2 heterocycles. The van der Waals surface area contributed by atoms with E-state index in [0.29, 0.717) is 0 Å². The average Bonchev–Trinajstić information content (AvgIpc) is 3.57. The molecule has 6 rings (SSSR count). The summed E-state index contributed by atoms with van der Waals surface area (Å²) in [5.41, 5.74) is 8.67. The number of nitrogens with zero attached hydrogens (tertiary/aromatic N) is 3. The molecule has 0 saturated heterocycles. The predicted octanol–water partition coefficient (Wildman–Crippen LogP) is 7.76. The average molecular weight is 547 g/mol. The molecule has 0 spiro atoms.